The summed E-state index contributed by atoms with van der Waals surface area (Å²) >= 11 is 1.30. The average Bonchev–Trinajstić information content (AvgIpc) is 2.73. The lowest BCUT2D eigenvalue weighted by molar-refractivity contribution is 0.0950. The lowest BCUT2D eigenvalue weighted by atomic mass is 9.98. The van der Waals surface area contributed by atoms with E-state index in [0.29, 0.717) is 34.3 Å². The summed E-state index contributed by atoms with van der Waals surface area (Å²) in [6.45, 7) is 6.94. The molecule has 0 saturated heterocycles. The second-order valence-electron chi connectivity index (χ2n) is 5.42. The molecule has 3 N–H and O–H groups in total. The summed E-state index contributed by atoms with van der Waals surface area (Å²) in [6.07, 6.45) is 0. The molecule has 3 nitrogen and oxygen atoms in total. The predicted octanol–water partition coefficient (Wildman–Crippen LogP) is 3.64. The highest BCUT2D eigenvalue weighted by molar-refractivity contribution is 7.21. The van der Waals surface area contributed by atoms with Crippen molar-refractivity contribution in [3.8, 4) is 0 Å². The average molecular weight is 294 g/mol. The Kier molecular flexibility index (Phi) is 4.28. The smallest absolute Gasteiger partial charge is 0.263 e. The zero-order chi connectivity index (χ0) is 14.9. The van der Waals surface area contributed by atoms with Gasteiger partial charge in [0.1, 0.15) is 10.7 Å². The molecule has 0 radical (unpaired) electrons. The molecule has 0 aliphatic heterocycles. The SMILES string of the molecule is CC(C)C(C)CNC(=O)c1sc2ccc(F)cc2c1N. The fraction of sp³-hybridized carbons (Fsp3) is 0.400. The van der Waals surface area contributed by atoms with E-state index >= 15 is 0 Å². The number of benzene rings is 1. The fourth-order valence-electron chi connectivity index (χ4n) is 1.83. The zero-order valence-electron chi connectivity index (χ0n) is 11.9. The van der Waals surface area contributed by atoms with Gasteiger partial charge in [-0.2, -0.15) is 0 Å². The maximum absolute atomic E-state index is 13.2. The van der Waals surface area contributed by atoms with Gasteiger partial charge in [-0.05, 0) is 30.0 Å². The zero-order valence-corrected chi connectivity index (χ0v) is 12.7. The Labute approximate surface area is 122 Å². The second-order valence-corrected chi connectivity index (χ2v) is 6.47. The minimum atomic E-state index is -0.345. The minimum Gasteiger partial charge on any atom is -0.397 e. The Balaban J connectivity index is 2.20. The maximum atomic E-state index is 13.2. The molecule has 0 saturated carbocycles. The van der Waals surface area contributed by atoms with Crippen molar-refractivity contribution in [2.45, 2.75) is 20.8 Å². The van der Waals surface area contributed by atoms with Crippen molar-refractivity contribution in [1.82, 2.24) is 5.32 Å². The lowest BCUT2D eigenvalue weighted by Crippen LogP contribution is -2.30. The summed E-state index contributed by atoms with van der Waals surface area (Å²) < 4.78 is 14.0. The van der Waals surface area contributed by atoms with Crippen molar-refractivity contribution in [1.29, 1.82) is 0 Å². The monoisotopic (exact) mass is 294 g/mol. The molecule has 1 amide bonds. The van der Waals surface area contributed by atoms with E-state index < -0.39 is 0 Å². The van der Waals surface area contributed by atoms with Gasteiger partial charge in [0, 0.05) is 16.6 Å². The first-order chi connectivity index (χ1) is 9.40. The van der Waals surface area contributed by atoms with Gasteiger partial charge in [-0.15, -0.1) is 11.3 Å². The predicted molar refractivity (Wildman–Crippen MR) is 82.5 cm³/mol. The van der Waals surface area contributed by atoms with E-state index in [2.05, 4.69) is 26.1 Å². The summed E-state index contributed by atoms with van der Waals surface area (Å²) in [5.41, 5.74) is 6.32. The molecule has 1 unspecified atom stereocenters. The number of carbonyl (C=O) groups is 1. The lowest BCUT2D eigenvalue weighted by Gasteiger charge is -2.15. The number of hydrogen-bond donors (Lipinski definition) is 2. The maximum Gasteiger partial charge on any atom is 0.263 e. The molecule has 1 aromatic carbocycles. The van der Waals surface area contributed by atoms with Crippen LogP contribution in [-0.4, -0.2) is 12.5 Å². The van der Waals surface area contributed by atoms with Crippen LogP contribution in [0.2, 0.25) is 0 Å². The van der Waals surface area contributed by atoms with Crippen molar-refractivity contribution >= 4 is 33.0 Å². The molecule has 0 aliphatic rings. The van der Waals surface area contributed by atoms with Crippen LogP contribution in [0.5, 0.6) is 0 Å². The van der Waals surface area contributed by atoms with Crippen LogP contribution in [0.3, 0.4) is 0 Å². The molecule has 20 heavy (non-hydrogen) atoms. The molecule has 0 spiro atoms. The number of nitrogens with two attached hydrogens (primary N) is 1. The number of thiophene rings is 1. The Bertz CT molecular complexity index is 636. The molecule has 5 heteroatoms. The normalized spacial score (nSPS) is 12.8. The van der Waals surface area contributed by atoms with Crippen LogP contribution in [0.1, 0.15) is 30.4 Å². The van der Waals surface area contributed by atoms with Crippen molar-refractivity contribution in [3.05, 3.63) is 28.9 Å². The Morgan fingerprint density at radius 2 is 2.10 bits per heavy atom. The second kappa shape index (κ2) is 5.79. The first kappa shape index (κ1) is 14.8. The highest BCUT2D eigenvalue weighted by atomic mass is 32.1. The molecule has 2 rings (SSSR count). The highest BCUT2D eigenvalue weighted by Gasteiger charge is 2.17. The van der Waals surface area contributed by atoms with E-state index in [4.69, 9.17) is 5.73 Å². The number of carbonyl (C=O) groups excluding carboxylic acids is 1. The third-order valence-electron chi connectivity index (χ3n) is 3.62. The van der Waals surface area contributed by atoms with E-state index in [0.717, 1.165) is 4.70 Å². The quantitative estimate of drug-likeness (QED) is 0.904. The Hall–Kier alpha value is -1.62. The standard InChI is InChI=1S/C15H19FN2OS/c1-8(2)9(3)7-18-15(19)14-13(17)11-6-10(16)4-5-12(11)20-14/h4-6,8-9H,7,17H2,1-3H3,(H,18,19). The number of hydrogen-bond acceptors (Lipinski definition) is 3. The van der Waals surface area contributed by atoms with E-state index in [1.54, 1.807) is 6.07 Å². The van der Waals surface area contributed by atoms with E-state index in [1.165, 1.54) is 23.5 Å². The number of rotatable bonds is 4. The van der Waals surface area contributed by atoms with Crippen LogP contribution in [0.25, 0.3) is 10.1 Å². The molecule has 0 bridgehead atoms. The van der Waals surface area contributed by atoms with Crippen molar-refractivity contribution in [2.75, 3.05) is 12.3 Å². The summed E-state index contributed by atoms with van der Waals surface area (Å²) in [6, 6.07) is 4.40. The topological polar surface area (TPSA) is 55.1 Å². The first-order valence-corrected chi connectivity index (χ1v) is 7.47. The van der Waals surface area contributed by atoms with Gasteiger partial charge in [0.25, 0.3) is 5.91 Å². The molecule has 0 fully saturated rings. The molecule has 108 valence electrons. The third-order valence-corrected chi connectivity index (χ3v) is 4.80. The summed E-state index contributed by atoms with van der Waals surface area (Å²) in [4.78, 5) is 12.6. The molecule has 1 heterocycles. The first-order valence-electron chi connectivity index (χ1n) is 6.66. The highest BCUT2D eigenvalue weighted by Crippen LogP contribution is 2.33. The number of halogens is 1. The number of amides is 1. The minimum absolute atomic E-state index is 0.184. The van der Waals surface area contributed by atoms with Crippen molar-refractivity contribution in [2.24, 2.45) is 11.8 Å². The van der Waals surface area contributed by atoms with Gasteiger partial charge in [0.05, 0.1) is 5.69 Å². The van der Waals surface area contributed by atoms with Crippen molar-refractivity contribution in [3.63, 3.8) is 0 Å². The summed E-state index contributed by atoms with van der Waals surface area (Å²) in [5.74, 6) is 0.371. The molecular formula is C15H19FN2OS. The van der Waals surface area contributed by atoms with Crippen LogP contribution in [0.4, 0.5) is 10.1 Å². The molecular weight excluding hydrogens is 275 g/mol. The Morgan fingerprint density at radius 3 is 2.75 bits per heavy atom. The number of nitrogen functional groups attached to an aromatic ring is 1. The van der Waals surface area contributed by atoms with Crippen LogP contribution in [-0.2, 0) is 0 Å². The molecule has 1 atom stereocenters. The van der Waals surface area contributed by atoms with Crippen LogP contribution >= 0.6 is 11.3 Å². The number of anilines is 1. The van der Waals surface area contributed by atoms with Crippen molar-refractivity contribution < 1.29 is 9.18 Å². The molecule has 0 aliphatic carbocycles. The van der Waals surface area contributed by atoms with E-state index in [-0.39, 0.29) is 11.7 Å². The van der Waals surface area contributed by atoms with Gasteiger partial charge in [-0.1, -0.05) is 20.8 Å². The van der Waals surface area contributed by atoms with Gasteiger partial charge in [0.2, 0.25) is 0 Å². The summed E-state index contributed by atoms with van der Waals surface area (Å²) in [5, 5.41) is 3.50. The Morgan fingerprint density at radius 1 is 1.40 bits per heavy atom. The van der Waals surface area contributed by atoms with Gasteiger partial charge >= 0.3 is 0 Å². The van der Waals surface area contributed by atoms with Crippen LogP contribution in [0, 0.1) is 17.7 Å². The molecule has 2 aromatic rings. The largest absolute Gasteiger partial charge is 0.397 e. The molecule has 1 aromatic heterocycles. The fourth-order valence-corrected chi connectivity index (χ4v) is 2.85. The van der Waals surface area contributed by atoms with Crippen LogP contribution in [0.15, 0.2) is 18.2 Å². The van der Waals surface area contributed by atoms with Gasteiger partial charge in [-0.3, -0.25) is 4.79 Å². The number of nitrogens with one attached hydrogen (secondary N) is 1. The number of fused-ring (bicyclic) bond motifs is 1. The third kappa shape index (κ3) is 2.93. The summed E-state index contributed by atoms with van der Waals surface area (Å²) in [7, 11) is 0. The van der Waals surface area contributed by atoms with E-state index in [1.807, 2.05) is 0 Å². The van der Waals surface area contributed by atoms with E-state index in [9.17, 15) is 9.18 Å². The van der Waals surface area contributed by atoms with Gasteiger partial charge in [0.15, 0.2) is 0 Å². The van der Waals surface area contributed by atoms with Crippen LogP contribution < -0.4 is 11.1 Å². The van der Waals surface area contributed by atoms with Gasteiger partial charge < -0.3 is 11.1 Å². The van der Waals surface area contributed by atoms with Gasteiger partial charge in [-0.25, -0.2) is 4.39 Å².